The Kier molecular flexibility index (Phi) is 5.87. The zero-order chi connectivity index (χ0) is 13.5. The third kappa shape index (κ3) is 4.50. The molecule has 96 valence electrons. The summed E-state index contributed by atoms with van der Waals surface area (Å²) in [6.07, 6.45) is 1.09. The van der Waals surface area contributed by atoms with Crippen LogP contribution in [0, 0.1) is 11.3 Å². The van der Waals surface area contributed by atoms with E-state index in [9.17, 15) is 4.79 Å². The van der Waals surface area contributed by atoms with Gasteiger partial charge in [0.2, 0.25) is 5.91 Å². The van der Waals surface area contributed by atoms with Gasteiger partial charge >= 0.3 is 0 Å². The molecule has 1 amide bonds. The van der Waals surface area contributed by atoms with Crippen LogP contribution in [0.25, 0.3) is 0 Å². The second-order valence-electron chi connectivity index (χ2n) is 4.32. The fourth-order valence-electron chi connectivity index (χ4n) is 1.58. The van der Waals surface area contributed by atoms with Crippen LogP contribution < -0.4 is 5.32 Å². The Balaban J connectivity index is 2.69. The third-order valence-electron chi connectivity index (χ3n) is 2.82. The lowest BCUT2D eigenvalue weighted by Gasteiger charge is -2.14. The Labute approximate surface area is 116 Å². The average molecular weight is 309 g/mol. The molecule has 0 bridgehead atoms. The highest BCUT2D eigenvalue weighted by atomic mass is 79.9. The van der Waals surface area contributed by atoms with Crippen LogP contribution in [0.4, 0.5) is 0 Å². The van der Waals surface area contributed by atoms with E-state index in [2.05, 4.69) is 27.3 Å². The lowest BCUT2D eigenvalue weighted by molar-refractivity contribution is -0.121. The van der Waals surface area contributed by atoms with Crippen molar-refractivity contribution in [1.82, 2.24) is 5.32 Å². The molecular weight excluding hydrogens is 292 g/mol. The van der Waals surface area contributed by atoms with E-state index in [1.807, 2.05) is 38.1 Å². The zero-order valence-corrected chi connectivity index (χ0v) is 12.2. The van der Waals surface area contributed by atoms with Crippen molar-refractivity contribution in [3.05, 3.63) is 34.3 Å². The van der Waals surface area contributed by atoms with Crippen LogP contribution in [0.3, 0.4) is 0 Å². The fourth-order valence-corrected chi connectivity index (χ4v) is 2.00. The Morgan fingerprint density at radius 1 is 1.56 bits per heavy atom. The van der Waals surface area contributed by atoms with E-state index in [0.29, 0.717) is 0 Å². The topological polar surface area (TPSA) is 52.9 Å². The summed E-state index contributed by atoms with van der Waals surface area (Å²) < 4.78 is 0.919. The highest BCUT2D eigenvalue weighted by molar-refractivity contribution is 9.10. The van der Waals surface area contributed by atoms with E-state index in [1.54, 1.807) is 0 Å². The van der Waals surface area contributed by atoms with E-state index >= 15 is 0 Å². The quantitative estimate of drug-likeness (QED) is 0.906. The summed E-state index contributed by atoms with van der Waals surface area (Å²) in [5, 5.41) is 12.0. The molecule has 1 aromatic carbocycles. The number of rotatable bonds is 5. The van der Waals surface area contributed by atoms with Crippen molar-refractivity contribution in [2.45, 2.75) is 38.6 Å². The van der Waals surface area contributed by atoms with Crippen molar-refractivity contribution in [3.8, 4) is 6.07 Å². The van der Waals surface area contributed by atoms with Gasteiger partial charge < -0.3 is 5.32 Å². The number of hydrogen-bond acceptors (Lipinski definition) is 2. The predicted octanol–water partition coefficient (Wildman–Crippen LogP) is 3.36. The van der Waals surface area contributed by atoms with Crippen molar-refractivity contribution in [2.24, 2.45) is 0 Å². The van der Waals surface area contributed by atoms with E-state index in [-0.39, 0.29) is 18.4 Å². The highest BCUT2D eigenvalue weighted by Gasteiger charge is 2.16. The molecule has 0 spiro atoms. The molecule has 1 aromatic rings. The number of nitrogens with one attached hydrogen (secondary N) is 1. The Morgan fingerprint density at radius 3 is 2.83 bits per heavy atom. The molecule has 3 nitrogen and oxygen atoms in total. The van der Waals surface area contributed by atoms with E-state index in [0.717, 1.165) is 16.5 Å². The zero-order valence-electron chi connectivity index (χ0n) is 10.6. The molecule has 0 heterocycles. The second-order valence-corrected chi connectivity index (χ2v) is 5.23. The minimum atomic E-state index is -0.397. The lowest BCUT2D eigenvalue weighted by Crippen LogP contribution is -2.32. The average Bonchev–Trinajstić information content (AvgIpc) is 2.35. The lowest BCUT2D eigenvalue weighted by atomic mass is 9.97. The SMILES string of the molecule is CCC(C)NC(=O)CC(C#N)c1cccc(Br)c1. The van der Waals surface area contributed by atoms with Gasteiger partial charge in [0.25, 0.3) is 0 Å². The number of carbonyl (C=O) groups is 1. The van der Waals surface area contributed by atoms with Gasteiger partial charge in [-0.1, -0.05) is 35.0 Å². The molecule has 0 fully saturated rings. The highest BCUT2D eigenvalue weighted by Crippen LogP contribution is 2.22. The summed E-state index contributed by atoms with van der Waals surface area (Å²) in [4.78, 5) is 11.8. The van der Waals surface area contributed by atoms with Crippen molar-refractivity contribution >= 4 is 21.8 Å². The van der Waals surface area contributed by atoms with Crippen molar-refractivity contribution < 1.29 is 4.79 Å². The van der Waals surface area contributed by atoms with Gasteiger partial charge in [-0.2, -0.15) is 5.26 Å². The van der Waals surface area contributed by atoms with Gasteiger partial charge in [0.1, 0.15) is 0 Å². The van der Waals surface area contributed by atoms with Crippen LogP contribution in [-0.4, -0.2) is 11.9 Å². The maximum absolute atomic E-state index is 11.8. The molecule has 1 rings (SSSR count). The van der Waals surface area contributed by atoms with Gasteiger partial charge in [0, 0.05) is 16.9 Å². The molecule has 0 radical (unpaired) electrons. The summed E-state index contributed by atoms with van der Waals surface area (Å²) in [6.45, 7) is 3.97. The van der Waals surface area contributed by atoms with Gasteiger partial charge in [-0.05, 0) is 31.0 Å². The number of nitriles is 1. The first-order valence-electron chi connectivity index (χ1n) is 6.01. The van der Waals surface area contributed by atoms with Crippen LogP contribution in [-0.2, 0) is 4.79 Å². The Bertz CT molecular complexity index is 453. The number of halogens is 1. The van der Waals surface area contributed by atoms with Crippen LogP contribution in [0.15, 0.2) is 28.7 Å². The molecule has 0 aliphatic carbocycles. The summed E-state index contributed by atoms with van der Waals surface area (Å²) >= 11 is 3.37. The Hall–Kier alpha value is -1.34. The predicted molar refractivity (Wildman–Crippen MR) is 75.0 cm³/mol. The molecule has 1 N–H and O–H groups in total. The standard InChI is InChI=1S/C14H17BrN2O/c1-3-10(2)17-14(18)8-12(9-16)11-5-4-6-13(15)7-11/h4-7,10,12H,3,8H2,1-2H3,(H,17,18). The number of carbonyl (C=O) groups excluding carboxylic acids is 1. The second kappa shape index (κ2) is 7.17. The molecule has 0 aromatic heterocycles. The molecule has 0 saturated heterocycles. The minimum absolute atomic E-state index is 0.0733. The molecule has 2 unspecified atom stereocenters. The summed E-state index contributed by atoms with van der Waals surface area (Å²) in [5.41, 5.74) is 0.867. The molecule has 0 aliphatic rings. The summed E-state index contributed by atoms with van der Waals surface area (Å²) in [6, 6.07) is 9.86. The van der Waals surface area contributed by atoms with Gasteiger partial charge in [0.15, 0.2) is 0 Å². The van der Waals surface area contributed by atoms with E-state index in [1.165, 1.54) is 0 Å². The minimum Gasteiger partial charge on any atom is -0.354 e. The van der Waals surface area contributed by atoms with Crippen LogP contribution >= 0.6 is 15.9 Å². The van der Waals surface area contributed by atoms with Gasteiger partial charge in [-0.3, -0.25) is 4.79 Å². The molecule has 2 atom stereocenters. The summed E-state index contributed by atoms with van der Waals surface area (Å²) in [7, 11) is 0. The largest absolute Gasteiger partial charge is 0.354 e. The normalized spacial score (nSPS) is 13.4. The van der Waals surface area contributed by atoms with Gasteiger partial charge in [-0.25, -0.2) is 0 Å². The van der Waals surface area contributed by atoms with Crippen LogP contribution in [0.2, 0.25) is 0 Å². The van der Waals surface area contributed by atoms with Crippen molar-refractivity contribution in [1.29, 1.82) is 5.26 Å². The summed E-state index contributed by atoms with van der Waals surface area (Å²) in [5.74, 6) is -0.470. The molecule has 0 aliphatic heterocycles. The molecular formula is C14H17BrN2O. The maximum atomic E-state index is 11.8. The molecule has 18 heavy (non-hydrogen) atoms. The van der Waals surface area contributed by atoms with Crippen LogP contribution in [0.5, 0.6) is 0 Å². The number of nitrogens with zero attached hydrogens (tertiary/aromatic N) is 1. The Morgan fingerprint density at radius 2 is 2.28 bits per heavy atom. The molecule has 0 saturated carbocycles. The van der Waals surface area contributed by atoms with Crippen molar-refractivity contribution in [2.75, 3.05) is 0 Å². The van der Waals surface area contributed by atoms with Gasteiger partial charge in [-0.15, -0.1) is 0 Å². The smallest absolute Gasteiger partial charge is 0.221 e. The van der Waals surface area contributed by atoms with Crippen molar-refractivity contribution in [3.63, 3.8) is 0 Å². The van der Waals surface area contributed by atoms with Gasteiger partial charge in [0.05, 0.1) is 12.0 Å². The number of benzene rings is 1. The molecule has 4 heteroatoms. The first-order valence-corrected chi connectivity index (χ1v) is 6.80. The maximum Gasteiger partial charge on any atom is 0.221 e. The monoisotopic (exact) mass is 308 g/mol. The number of amides is 1. The number of hydrogen-bond donors (Lipinski definition) is 1. The van der Waals surface area contributed by atoms with E-state index in [4.69, 9.17) is 5.26 Å². The first kappa shape index (κ1) is 14.7. The third-order valence-corrected chi connectivity index (χ3v) is 3.31. The fraction of sp³-hybridized carbons (Fsp3) is 0.429. The van der Waals surface area contributed by atoms with E-state index < -0.39 is 5.92 Å². The van der Waals surface area contributed by atoms with Crippen LogP contribution in [0.1, 0.15) is 38.2 Å². The first-order chi connectivity index (χ1) is 8.56.